The second kappa shape index (κ2) is 6.15. The number of rotatable bonds is 5. The van der Waals surface area contributed by atoms with Gasteiger partial charge in [-0.05, 0) is 24.4 Å². The van der Waals surface area contributed by atoms with Crippen molar-refractivity contribution in [1.29, 1.82) is 0 Å². The highest BCUT2D eigenvalue weighted by atomic mass is 35.5. The van der Waals surface area contributed by atoms with E-state index in [1.807, 2.05) is 20.8 Å². The average Bonchev–Trinajstić information content (AvgIpc) is 2.73. The maximum atomic E-state index is 12.1. The van der Waals surface area contributed by atoms with E-state index in [1.54, 1.807) is 4.90 Å². The largest absolute Gasteiger partial charge is 0.337 e. The van der Waals surface area contributed by atoms with Crippen LogP contribution >= 0.6 is 23.1 Å². The molecule has 0 aliphatic carbocycles. The van der Waals surface area contributed by atoms with Crippen LogP contribution in [0, 0.1) is 0 Å². The lowest BCUT2D eigenvalue weighted by Gasteiger charge is -2.19. The molecule has 1 aromatic rings. The first-order valence-electron chi connectivity index (χ1n) is 5.29. The van der Waals surface area contributed by atoms with Gasteiger partial charge in [-0.1, -0.05) is 18.3 Å². The summed E-state index contributed by atoms with van der Waals surface area (Å²) in [6, 6.07) is 0. The Balaban J connectivity index is 2.90. The van der Waals surface area contributed by atoms with Crippen LogP contribution in [0.4, 0.5) is 0 Å². The minimum absolute atomic E-state index is 0.0122. The number of hydrogen-bond acceptors (Lipinski definition) is 4. The van der Waals surface area contributed by atoms with Crippen molar-refractivity contribution in [2.24, 2.45) is 0 Å². The highest BCUT2D eigenvalue weighted by Crippen LogP contribution is 2.21. The van der Waals surface area contributed by atoms with E-state index in [-0.39, 0.29) is 11.8 Å². The highest BCUT2D eigenvalue weighted by molar-refractivity contribution is 7.08. The molecule has 1 rings (SSSR count). The Morgan fingerprint density at radius 2 is 2.25 bits per heavy atom. The summed E-state index contributed by atoms with van der Waals surface area (Å²) in [5.74, 6) is 0.650. The van der Waals surface area contributed by atoms with E-state index in [9.17, 15) is 4.79 Å². The normalized spacial score (nSPS) is 10.8. The molecule has 0 saturated heterocycles. The van der Waals surface area contributed by atoms with Gasteiger partial charge in [0.05, 0.1) is 5.69 Å². The van der Waals surface area contributed by atoms with Crippen LogP contribution in [0.15, 0.2) is 0 Å². The van der Waals surface area contributed by atoms with Gasteiger partial charge in [-0.15, -0.1) is 16.7 Å². The van der Waals surface area contributed by atoms with E-state index in [0.29, 0.717) is 23.8 Å². The molecule has 0 unspecified atom stereocenters. The fourth-order valence-corrected chi connectivity index (χ4v) is 2.36. The van der Waals surface area contributed by atoms with Crippen LogP contribution in [0.3, 0.4) is 0 Å². The molecule has 0 saturated carbocycles. The molecule has 6 heteroatoms. The average molecular weight is 262 g/mol. The summed E-state index contributed by atoms with van der Waals surface area (Å²) in [5.41, 5.74) is 0.781. The summed E-state index contributed by atoms with van der Waals surface area (Å²) in [4.78, 5) is 14.5. The summed E-state index contributed by atoms with van der Waals surface area (Å²) in [5, 5.41) is 4.00. The lowest BCUT2D eigenvalue weighted by molar-refractivity contribution is 0.0777. The van der Waals surface area contributed by atoms with Crippen molar-refractivity contribution < 1.29 is 4.79 Å². The number of nitrogens with zero attached hydrogens (tertiary/aromatic N) is 3. The van der Waals surface area contributed by atoms with Crippen molar-refractivity contribution in [3.8, 4) is 0 Å². The Labute approximate surface area is 105 Å². The maximum absolute atomic E-state index is 12.1. The Morgan fingerprint density at radius 1 is 1.56 bits per heavy atom. The molecule has 0 atom stereocenters. The molecule has 4 nitrogen and oxygen atoms in total. The molecule has 1 amide bonds. The smallest absolute Gasteiger partial charge is 0.267 e. The summed E-state index contributed by atoms with van der Waals surface area (Å²) < 4.78 is 3.85. The molecule has 0 spiro atoms. The van der Waals surface area contributed by atoms with Gasteiger partial charge in [0.2, 0.25) is 0 Å². The first-order chi connectivity index (χ1) is 7.61. The zero-order chi connectivity index (χ0) is 12.1. The second-order valence-corrected chi connectivity index (χ2v) is 4.85. The van der Waals surface area contributed by atoms with Gasteiger partial charge >= 0.3 is 0 Å². The third-order valence-electron chi connectivity index (χ3n) is 2.28. The minimum Gasteiger partial charge on any atom is -0.337 e. The first-order valence-corrected chi connectivity index (χ1v) is 6.60. The van der Waals surface area contributed by atoms with Gasteiger partial charge in [-0.3, -0.25) is 4.79 Å². The van der Waals surface area contributed by atoms with Crippen molar-refractivity contribution in [2.75, 3.05) is 19.0 Å². The van der Waals surface area contributed by atoms with Gasteiger partial charge in [0.15, 0.2) is 0 Å². The Hall–Kier alpha value is -0.680. The van der Waals surface area contributed by atoms with Gasteiger partial charge in [-0.25, -0.2) is 0 Å². The Morgan fingerprint density at radius 3 is 2.75 bits per heavy atom. The summed E-state index contributed by atoms with van der Waals surface area (Å²) in [7, 11) is 0. The van der Waals surface area contributed by atoms with Crippen LogP contribution < -0.4 is 0 Å². The van der Waals surface area contributed by atoms with Crippen molar-refractivity contribution >= 4 is 29.0 Å². The third kappa shape index (κ3) is 2.92. The molecule has 0 aliphatic heterocycles. The monoisotopic (exact) mass is 261 g/mol. The lowest BCUT2D eigenvalue weighted by Crippen LogP contribution is -2.32. The second-order valence-electron chi connectivity index (χ2n) is 3.72. The van der Waals surface area contributed by atoms with Crippen LogP contribution in [0.2, 0.25) is 0 Å². The summed E-state index contributed by atoms with van der Waals surface area (Å²) >= 11 is 6.82. The fourth-order valence-electron chi connectivity index (χ4n) is 1.37. The molecule has 0 bridgehead atoms. The quantitative estimate of drug-likeness (QED) is 0.765. The summed E-state index contributed by atoms with van der Waals surface area (Å²) in [6.07, 6.45) is 0. The number of carbonyl (C=O) groups is 1. The number of carbonyl (C=O) groups excluding carboxylic acids is 1. The van der Waals surface area contributed by atoms with E-state index in [1.165, 1.54) is 0 Å². The van der Waals surface area contributed by atoms with Gasteiger partial charge < -0.3 is 4.90 Å². The van der Waals surface area contributed by atoms with Crippen molar-refractivity contribution in [3.63, 3.8) is 0 Å². The SMILES string of the molecule is CCN(CCCl)C(=O)c1snnc1C(C)C. The molecule has 0 N–H and O–H groups in total. The van der Waals surface area contributed by atoms with Gasteiger partial charge in [0, 0.05) is 19.0 Å². The van der Waals surface area contributed by atoms with Crippen LogP contribution in [-0.2, 0) is 0 Å². The van der Waals surface area contributed by atoms with E-state index in [0.717, 1.165) is 17.2 Å². The van der Waals surface area contributed by atoms with Crippen LogP contribution in [-0.4, -0.2) is 39.4 Å². The van der Waals surface area contributed by atoms with Crippen molar-refractivity contribution in [2.45, 2.75) is 26.7 Å². The molecule has 1 aromatic heterocycles. The molecule has 1 heterocycles. The Kier molecular flexibility index (Phi) is 5.15. The first kappa shape index (κ1) is 13.4. The van der Waals surface area contributed by atoms with E-state index < -0.39 is 0 Å². The molecular weight excluding hydrogens is 246 g/mol. The number of halogens is 1. The van der Waals surface area contributed by atoms with E-state index >= 15 is 0 Å². The number of aromatic nitrogens is 2. The topological polar surface area (TPSA) is 46.1 Å². The van der Waals surface area contributed by atoms with Gasteiger partial charge in [-0.2, -0.15) is 0 Å². The summed E-state index contributed by atoms with van der Waals surface area (Å²) in [6.45, 7) is 7.16. The maximum Gasteiger partial charge on any atom is 0.267 e. The molecule has 90 valence electrons. The van der Waals surface area contributed by atoms with Crippen LogP contribution in [0.5, 0.6) is 0 Å². The molecule has 0 radical (unpaired) electrons. The molecule has 0 fully saturated rings. The fraction of sp³-hybridized carbons (Fsp3) is 0.700. The predicted octanol–water partition coefficient (Wildman–Crippen LogP) is 2.36. The molecule has 16 heavy (non-hydrogen) atoms. The zero-order valence-electron chi connectivity index (χ0n) is 9.73. The highest BCUT2D eigenvalue weighted by Gasteiger charge is 2.22. The van der Waals surface area contributed by atoms with Crippen LogP contribution in [0.25, 0.3) is 0 Å². The van der Waals surface area contributed by atoms with Crippen LogP contribution in [0.1, 0.15) is 42.1 Å². The number of amides is 1. The lowest BCUT2D eigenvalue weighted by atomic mass is 10.1. The molecule has 0 aliphatic rings. The molecular formula is C10H16ClN3OS. The van der Waals surface area contributed by atoms with E-state index in [4.69, 9.17) is 11.6 Å². The minimum atomic E-state index is -0.0122. The number of hydrogen-bond donors (Lipinski definition) is 0. The van der Waals surface area contributed by atoms with Crippen molar-refractivity contribution in [1.82, 2.24) is 14.5 Å². The van der Waals surface area contributed by atoms with E-state index in [2.05, 4.69) is 9.59 Å². The number of alkyl halides is 1. The zero-order valence-corrected chi connectivity index (χ0v) is 11.3. The van der Waals surface area contributed by atoms with Gasteiger partial charge in [0.1, 0.15) is 4.88 Å². The molecule has 0 aromatic carbocycles. The van der Waals surface area contributed by atoms with Gasteiger partial charge in [0.25, 0.3) is 5.91 Å². The predicted molar refractivity (Wildman–Crippen MR) is 66.3 cm³/mol. The standard InChI is InChI=1S/C10H16ClN3OS/c1-4-14(6-5-11)10(15)9-8(7(2)3)12-13-16-9/h7H,4-6H2,1-3H3. The van der Waals surface area contributed by atoms with Crippen molar-refractivity contribution in [3.05, 3.63) is 10.6 Å². The Bertz CT molecular complexity index is 354. The third-order valence-corrected chi connectivity index (χ3v) is 3.18.